The highest BCUT2D eigenvalue weighted by Gasteiger charge is 2.15. The monoisotopic (exact) mass is 494 g/mol. The summed E-state index contributed by atoms with van der Waals surface area (Å²) in [5, 5.41) is 6.09. The Morgan fingerprint density at radius 1 is 1.11 bits per heavy atom. The van der Waals surface area contributed by atoms with Crippen molar-refractivity contribution in [1.29, 1.82) is 0 Å². The number of benzene rings is 2. The molecule has 0 aliphatic carbocycles. The summed E-state index contributed by atoms with van der Waals surface area (Å²) in [6, 6.07) is 15.6. The van der Waals surface area contributed by atoms with Gasteiger partial charge in [-0.2, -0.15) is 0 Å². The van der Waals surface area contributed by atoms with E-state index in [9.17, 15) is 4.79 Å². The summed E-state index contributed by atoms with van der Waals surface area (Å²) >= 11 is 7.45. The molecule has 1 heterocycles. The number of carbonyl (C=O) groups is 1. The maximum absolute atomic E-state index is 12.3. The van der Waals surface area contributed by atoms with E-state index in [2.05, 4.69) is 62.1 Å². The van der Waals surface area contributed by atoms with Crippen LogP contribution in [0.2, 0.25) is 0 Å². The molecule has 5 nitrogen and oxygen atoms in total. The van der Waals surface area contributed by atoms with E-state index in [4.69, 9.17) is 12.2 Å². The Balaban J connectivity index is 1.53. The largest absolute Gasteiger partial charge is 0.369 e. The number of anilines is 2. The first-order valence-electron chi connectivity index (χ1n) is 9.00. The number of piperazine rings is 1. The van der Waals surface area contributed by atoms with Crippen LogP contribution in [0.5, 0.6) is 0 Å². The van der Waals surface area contributed by atoms with Crippen LogP contribution in [0.15, 0.2) is 48.5 Å². The minimum atomic E-state index is -0.212. The minimum Gasteiger partial charge on any atom is -0.369 e. The standard InChI is InChI=1S/C20H23IN4OS/c1-2-24-10-12-25(13-11-24)18-8-6-17(7-9-18)22-20(27)23-19(26)15-4-3-5-16(21)14-15/h3-9,14H,2,10-13H2,1H3,(H2,22,23,26,27). The summed E-state index contributed by atoms with van der Waals surface area (Å²) in [5.41, 5.74) is 2.66. The van der Waals surface area contributed by atoms with Crippen LogP contribution in [0.3, 0.4) is 0 Å². The van der Waals surface area contributed by atoms with Crippen molar-refractivity contribution in [3.63, 3.8) is 0 Å². The van der Waals surface area contributed by atoms with E-state index >= 15 is 0 Å². The second-order valence-electron chi connectivity index (χ2n) is 6.39. The molecule has 1 aliphatic rings. The number of thiocarbonyl (C=S) groups is 1. The quantitative estimate of drug-likeness (QED) is 0.503. The van der Waals surface area contributed by atoms with Crippen molar-refractivity contribution in [3.05, 3.63) is 57.7 Å². The molecule has 0 bridgehead atoms. The molecule has 0 spiro atoms. The van der Waals surface area contributed by atoms with Gasteiger partial charge in [0.2, 0.25) is 0 Å². The number of carbonyl (C=O) groups excluding carboxylic acids is 1. The van der Waals surface area contributed by atoms with Gasteiger partial charge >= 0.3 is 0 Å². The number of halogens is 1. The van der Waals surface area contributed by atoms with Gasteiger partial charge in [-0.25, -0.2) is 0 Å². The van der Waals surface area contributed by atoms with Crippen LogP contribution < -0.4 is 15.5 Å². The van der Waals surface area contributed by atoms with E-state index in [0.29, 0.717) is 10.7 Å². The van der Waals surface area contributed by atoms with Crippen molar-refractivity contribution < 1.29 is 4.79 Å². The predicted molar refractivity (Wildman–Crippen MR) is 124 cm³/mol. The van der Waals surface area contributed by atoms with Crippen molar-refractivity contribution in [2.24, 2.45) is 0 Å². The molecule has 0 radical (unpaired) electrons. The van der Waals surface area contributed by atoms with E-state index in [0.717, 1.165) is 42.0 Å². The second-order valence-corrected chi connectivity index (χ2v) is 8.04. The third-order valence-corrected chi connectivity index (χ3v) is 5.50. The third-order valence-electron chi connectivity index (χ3n) is 4.62. The van der Waals surface area contributed by atoms with Crippen LogP contribution in [0.25, 0.3) is 0 Å². The van der Waals surface area contributed by atoms with Gasteiger partial charge in [0.05, 0.1) is 0 Å². The van der Waals surface area contributed by atoms with Crippen molar-refractivity contribution in [2.75, 3.05) is 42.9 Å². The molecule has 2 aromatic rings. The van der Waals surface area contributed by atoms with E-state index in [1.54, 1.807) is 6.07 Å². The number of hydrogen-bond acceptors (Lipinski definition) is 4. The highest BCUT2D eigenvalue weighted by atomic mass is 127. The maximum Gasteiger partial charge on any atom is 0.257 e. The van der Waals surface area contributed by atoms with Crippen molar-refractivity contribution in [1.82, 2.24) is 10.2 Å². The molecule has 27 heavy (non-hydrogen) atoms. The maximum atomic E-state index is 12.3. The highest BCUT2D eigenvalue weighted by molar-refractivity contribution is 14.1. The topological polar surface area (TPSA) is 47.6 Å². The molecule has 0 saturated carbocycles. The van der Waals surface area contributed by atoms with Crippen LogP contribution in [0, 0.1) is 3.57 Å². The molecule has 2 N–H and O–H groups in total. The van der Waals surface area contributed by atoms with Gasteiger partial charge in [0.15, 0.2) is 5.11 Å². The first kappa shape index (κ1) is 20.0. The van der Waals surface area contributed by atoms with Gasteiger partial charge in [0.1, 0.15) is 0 Å². The summed E-state index contributed by atoms with van der Waals surface area (Å²) < 4.78 is 1.01. The lowest BCUT2D eigenvalue weighted by Crippen LogP contribution is -2.46. The lowest BCUT2D eigenvalue weighted by molar-refractivity contribution is 0.0977. The molecule has 0 atom stereocenters. The molecule has 1 amide bonds. The number of hydrogen-bond donors (Lipinski definition) is 2. The lowest BCUT2D eigenvalue weighted by Gasteiger charge is -2.35. The molecule has 3 rings (SSSR count). The SMILES string of the molecule is CCN1CCN(c2ccc(NC(=S)NC(=O)c3cccc(I)c3)cc2)CC1. The van der Waals surface area contributed by atoms with Gasteiger partial charge in [0, 0.05) is 46.7 Å². The molecule has 2 aromatic carbocycles. The van der Waals surface area contributed by atoms with Crippen LogP contribution in [-0.4, -0.2) is 48.6 Å². The Labute approximate surface area is 179 Å². The molecular formula is C20H23IN4OS. The van der Waals surface area contributed by atoms with Gasteiger partial charge in [-0.15, -0.1) is 0 Å². The lowest BCUT2D eigenvalue weighted by atomic mass is 10.2. The molecule has 7 heteroatoms. The van der Waals surface area contributed by atoms with Gasteiger partial charge in [-0.3, -0.25) is 10.1 Å². The fourth-order valence-corrected chi connectivity index (χ4v) is 3.80. The molecule has 0 unspecified atom stereocenters. The summed E-state index contributed by atoms with van der Waals surface area (Å²) in [4.78, 5) is 17.1. The van der Waals surface area contributed by atoms with Crippen molar-refractivity contribution >= 4 is 57.2 Å². The van der Waals surface area contributed by atoms with Gasteiger partial charge in [-0.1, -0.05) is 13.0 Å². The number of nitrogens with zero attached hydrogens (tertiary/aromatic N) is 2. The molecule has 0 aromatic heterocycles. The van der Waals surface area contributed by atoms with Gasteiger partial charge in [0.25, 0.3) is 5.91 Å². The third kappa shape index (κ3) is 5.63. The first-order valence-corrected chi connectivity index (χ1v) is 10.5. The predicted octanol–water partition coefficient (Wildman–Crippen LogP) is 3.56. The average Bonchev–Trinajstić information content (AvgIpc) is 2.68. The number of nitrogens with one attached hydrogen (secondary N) is 2. The molecule has 1 aliphatic heterocycles. The Kier molecular flexibility index (Phi) is 7.03. The molecule has 1 saturated heterocycles. The van der Waals surface area contributed by atoms with Gasteiger partial charge in [-0.05, 0) is 83.8 Å². The van der Waals surface area contributed by atoms with E-state index < -0.39 is 0 Å². The van der Waals surface area contributed by atoms with Crippen molar-refractivity contribution in [3.8, 4) is 0 Å². The number of amides is 1. The zero-order valence-electron chi connectivity index (χ0n) is 15.2. The zero-order chi connectivity index (χ0) is 19.2. The summed E-state index contributed by atoms with van der Waals surface area (Å²) in [6.07, 6.45) is 0. The smallest absolute Gasteiger partial charge is 0.257 e. The van der Waals surface area contributed by atoms with Crippen LogP contribution in [0.1, 0.15) is 17.3 Å². The Morgan fingerprint density at radius 3 is 2.44 bits per heavy atom. The molecular weight excluding hydrogens is 471 g/mol. The summed E-state index contributed by atoms with van der Waals surface area (Å²) in [7, 11) is 0. The van der Waals surface area contributed by atoms with Crippen LogP contribution >= 0.6 is 34.8 Å². The fraction of sp³-hybridized carbons (Fsp3) is 0.300. The summed E-state index contributed by atoms with van der Waals surface area (Å²) in [5.74, 6) is -0.212. The van der Waals surface area contributed by atoms with Gasteiger partial charge < -0.3 is 15.1 Å². The summed E-state index contributed by atoms with van der Waals surface area (Å²) in [6.45, 7) is 7.62. The Morgan fingerprint density at radius 2 is 1.81 bits per heavy atom. The highest BCUT2D eigenvalue weighted by Crippen LogP contribution is 2.19. The van der Waals surface area contributed by atoms with Crippen LogP contribution in [0.4, 0.5) is 11.4 Å². The van der Waals surface area contributed by atoms with Crippen LogP contribution in [-0.2, 0) is 0 Å². The molecule has 1 fully saturated rings. The minimum absolute atomic E-state index is 0.212. The zero-order valence-corrected chi connectivity index (χ0v) is 18.2. The fourth-order valence-electron chi connectivity index (χ4n) is 3.05. The number of likely N-dealkylation sites (N-methyl/N-ethyl adjacent to an activating group) is 1. The normalized spacial score (nSPS) is 14.7. The second kappa shape index (κ2) is 9.48. The van der Waals surface area contributed by atoms with E-state index in [-0.39, 0.29) is 5.91 Å². The first-order chi connectivity index (χ1) is 13.0. The Hall–Kier alpha value is -1.71. The average molecular weight is 494 g/mol. The Bertz CT molecular complexity index is 804. The number of rotatable bonds is 4. The van der Waals surface area contributed by atoms with E-state index in [1.165, 1.54) is 5.69 Å². The van der Waals surface area contributed by atoms with E-state index in [1.807, 2.05) is 30.3 Å². The van der Waals surface area contributed by atoms with Crippen molar-refractivity contribution in [2.45, 2.75) is 6.92 Å². The molecule has 142 valence electrons.